The Kier molecular flexibility index (Phi) is 6.81. The number of halogens is 1. The van der Waals surface area contributed by atoms with Crippen LogP contribution < -0.4 is 25.8 Å². The van der Waals surface area contributed by atoms with Crippen LogP contribution in [-0.4, -0.2) is 34.8 Å². The number of fused-ring (bicyclic) bond motifs is 1. The smallest absolute Gasteiger partial charge is 0.238 e. The van der Waals surface area contributed by atoms with Gasteiger partial charge in [-0.15, -0.1) is 24.2 Å². The van der Waals surface area contributed by atoms with E-state index in [9.17, 15) is 9.59 Å². The van der Waals surface area contributed by atoms with Crippen LogP contribution in [0.15, 0.2) is 22.7 Å². The Bertz CT molecular complexity index is 844. The maximum Gasteiger partial charge on any atom is 0.238 e. The van der Waals surface area contributed by atoms with E-state index in [1.807, 2.05) is 0 Å². The first-order chi connectivity index (χ1) is 12.4. The van der Waals surface area contributed by atoms with Crippen LogP contribution in [0.3, 0.4) is 0 Å². The lowest BCUT2D eigenvalue weighted by Gasteiger charge is -2.12. The number of amides is 2. The topological polar surface area (TPSA) is 129 Å². The number of ether oxygens (including phenoxy) is 2. The van der Waals surface area contributed by atoms with Gasteiger partial charge in [-0.05, 0) is 13.8 Å². The van der Waals surface area contributed by atoms with Crippen molar-refractivity contribution in [1.29, 1.82) is 0 Å². The molecule has 27 heavy (non-hydrogen) atoms. The molecule has 1 aromatic carbocycles. The molecule has 0 aliphatic carbocycles. The van der Waals surface area contributed by atoms with E-state index in [1.165, 1.54) is 11.8 Å². The fourth-order valence-corrected chi connectivity index (χ4v) is 2.87. The van der Waals surface area contributed by atoms with Gasteiger partial charge in [0.1, 0.15) is 5.76 Å². The van der Waals surface area contributed by atoms with Crippen LogP contribution in [0.5, 0.6) is 11.5 Å². The Morgan fingerprint density at radius 2 is 1.96 bits per heavy atom. The summed E-state index contributed by atoms with van der Waals surface area (Å²) in [6.07, 6.45) is 0. The first-order valence-electron chi connectivity index (χ1n) is 7.77. The minimum absolute atomic E-state index is 0. The van der Waals surface area contributed by atoms with Crippen molar-refractivity contribution < 1.29 is 23.6 Å². The van der Waals surface area contributed by atoms with E-state index < -0.39 is 5.25 Å². The van der Waals surface area contributed by atoms with Gasteiger partial charge in [0.05, 0.1) is 22.4 Å². The summed E-state index contributed by atoms with van der Waals surface area (Å²) in [4.78, 5) is 24.2. The molecule has 9 nitrogen and oxygen atoms in total. The van der Waals surface area contributed by atoms with Crippen molar-refractivity contribution in [3.8, 4) is 11.5 Å². The summed E-state index contributed by atoms with van der Waals surface area (Å²) in [5, 5.41) is 8.58. The van der Waals surface area contributed by atoms with Crippen molar-refractivity contribution >= 4 is 53.2 Å². The average Bonchev–Trinajstić information content (AvgIpc) is 3.21. The summed E-state index contributed by atoms with van der Waals surface area (Å²) in [5.41, 5.74) is 6.71. The Hall–Kier alpha value is -2.59. The molecule has 0 bridgehead atoms. The van der Waals surface area contributed by atoms with Crippen molar-refractivity contribution in [2.24, 2.45) is 0 Å². The lowest BCUT2D eigenvalue weighted by Crippen LogP contribution is -2.25. The Morgan fingerprint density at radius 3 is 2.63 bits per heavy atom. The summed E-state index contributed by atoms with van der Waals surface area (Å²) < 4.78 is 15.4. The number of carbonyl (C=O) groups is 2. The molecule has 0 saturated heterocycles. The Balaban J connectivity index is 0.00000261. The van der Waals surface area contributed by atoms with Gasteiger partial charge in [-0.2, -0.15) is 0 Å². The van der Waals surface area contributed by atoms with Gasteiger partial charge < -0.3 is 30.4 Å². The van der Waals surface area contributed by atoms with E-state index in [0.717, 1.165) is 0 Å². The second-order valence-corrected chi connectivity index (χ2v) is 6.94. The van der Waals surface area contributed by atoms with Crippen LogP contribution in [0.4, 0.5) is 17.2 Å². The third kappa shape index (κ3) is 5.20. The lowest BCUT2D eigenvalue weighted by atomic mass is 10.2. The van der Waals surface area contributed by atoms with Crippen molar-refractivity contribution in [2.45, 2.75) is 19.1 Å². The molecule has 2 heterocycles. The Morgan fingerprint density at radius 1 is 1.26 bits per heavy atom. The SMILES string of the molecule is Cc1cc(NC(=O)C(C)SCC(=O)Nc2cc3c(cc2N)OCO3)no1.Cl. The molecule has 1 atom stereocenters. The number of aryl methyl sites for hydroxylation is 1. The molecule has 0 fully saturated rings. The molecule has 0 radical (unpaired) electrons. The molecule has 146 valence electrons. The van der Waals surface area contributed by atoms with Gasteiger partial charge in [-0.25, -0.2) is 0 Å². The predicted molar refractivity (Wildman–Crippen MR) is 105 cm³/mol. The zero-order chi connectivity index (χ0) is 18.7. The number of carbonyl (C=O) groups excluding carboxylic acids is 2. The number of hydrogen-bond donors (Lipinski definition) is 3. The number of thioether (sulfide) groups is 1. The number of rotatable bonds is 6. The maximum atomic E-state index is 12.1. The number of benzene rings is 1. The van der Waals surface area contributed by atoms with Gasteiger partial charge in [0.2, 0.25) is 18.6 Å². The molecule has 1 aromatic heterocycles. The summed E-state index contributed by atoms with van der Waals surface area (Å²) in [5.74, 6) is 1.55. The highest BCUT2D eigenvalue weighted by atomic mass is 35.5. The number of nitrogens with zero attached hydrogens (tertiary/aromatic N) is 1. The number of hydrogen-bond acceptors (Lipinski definition) is 8. The van der Waals surface area contributed by atoms with Crippen LogP contribution in [0.25, 0.3) is 0 Å². The quantitative estimate of drug-likeness (QED) is 0.614. The number of nitrogen functional groups attached to an aromatic ring is 1. The van der Waals surface area contributed by atoms with Gasteiger partial charge in [0, 0.05) is 18.2 Å². The number of aromatic nitrogens is 1. The molecule has 4 N–H and O–H groups in total. The largest absolute Gasteiger partial charge is 0.454 e. The average molecular weight is 415 g/mol. The van der Waals surface area contributed by atoms with Crippen LogP contribution in [0, 0.1) is 6.92 Å². The molecule has 2 amide bonds. The highest BCUT2D eigenvalue weighted by Gasteiger charge is 2.19. The third-order valence-electron chi connectivity index (χ3n) is 3.53. The highest BCUT2D eigenvalue weighted by Crippen LogP contribution is 2.38. The van der Waals surface area contributed by atoms with Gasteiger partial charge in [0.25, 0.3) is 0 Å². The van der Waals surface area contributed by atoms with Crippen molar-refractivity contribution in [3.05, 3.63) is 24.0 Å². The monoisotopic (exact) mass is 414 g/mol. The standard InChI is InChI=1S/C16H18N4O5S.ClH/c1-8-3-14(20-25-8)19-16(22)9(2)26-6-15(21)18-11-5-13-12(4-10(11)17)23-7-24-13;/h3-5,9H,6-7,17H2,1-2H3,(H,18,21)(H,19,20,22);1H. The Labute approximate surface area is 165 Å². The fraction of sp³-hybridized carbons (Fsp3) is 0.312. The first-order valence-corrected chi connectivity index (χ1v) is 8.82. The van der Waals surface area contributed by atoms with Crippen molar-refractivity contribution in [2.75, 3.05) is 28.9 Å². The summed E-state index contributed by atoms with van der Waals surface area (Å²) in [6.45, 7) is 3.56. The molecule has 3 rings (SSSR count). The second kappa shape index (κ2) is 8.87. The molecule has 2 aromatic rings. The van der Waals surface area contributed by atoms with E-state index in [4.69, 9.17) is 19.7 Å². The minimum Gasteiger partial charge on any atom is -0.454 e. The van der Waals surface area contributed by atoms with E-state index in [-0.39, 0.29) is 36.8 Å². The minimum atomic E-state index is -0.452. The fourth-order valence-electron chi connectivity index (χ4n) is 2.18. The van der Waals surface area contributed by atoms with Gasteiger partial charge in [-0.1, -0.05) is 5.16 Å². The van der Waals surface area contributed by atoms with Crippen LogP contribution in [-0.2, 0) is 9.59 Å². The van der Waals surface area contributed by atoms with Crippen LogP contribution in [0.2, 0.25) is 0 Å². The lowest BCUT2D eigenvalue weighted by molar-refractivity contribution is -0.115. The molecule has 0 spiro atoms. The number of nitrogens with two attached hydrogens (primary N) is 1. The van der Waals surface area contributed by atoms with Crippen molar-refractivity contribution in [3.63, 3.8) is 0 Å². The molecular formula is C16H19ClN4O5S. The first kappa shape index (κ1) is 20.7. The van der Waals surface area contributed by atoms with Crippen LogP contribution in [0.1, 0.15) is 12.7 Å². The zero-order valence-corrected chi connectivity index (χ0v) is 16.2. The van der Waals surface area contributed by atoms with Gasteiger partial charge >= 0.3 is 0 Å². The summed E-state index contributed by atoms with van der Waals surface area (Å²) in [6, 6.07) is 4.83. The molecule has 1 aliphatic heterocycles. The zero-order valence-electron chi connectivity index (χ0n) is 14.6. The molecule has 0 saturated carbocycles. The normalized spacial score (nSPS) is 12.8. The van der Waals surface area contributed by atoms with Crippen LogP contribution >= 0.6 is 24.2 Å². The maximum absolute atomic E-state index is 12.1. The van der Waals surface area contributed by atoms with Gasteiger partial charge in [-0.3, -0.25) is 9.59 Å². The molecule has 1 unspecified atom stereocenters. The second-order valence-electron chi connectivity index (χ2n) is 5.61. The van der Waals surface area contributed by atoms with E-state index in [2.05, 4.69) is 15.8 Å². The third-order valence-corrected chi connectivity index (χ3v) is 4.67. The van der Waals surface area contributed by atoms with Gasteiger partial charge in [0.15, 0.2) is 17.3 Å². The van der Waals surface area contributed by atoms with E-state index in [0.29, 0.717) is 34.5 Å². The predicted octanol–water partition coefficient (Wildman–Crippen LogP) is 2.41. The summed E-state index contributed by atoms with van der Waals surface area (Å²) in [7, 11) is 0. The summed E-state index contributed by atoms with van der Waals surface area (Å²) >= 11 is 1.19. The number of anilines is 3. The van der Waals surface area contributed by atoms with Crippen molar-refractivity contribution in [1.82, 2.24) is 5.16 Å². The molecule has 11 heteroatoms. The van der Waals surface area contributed by atoms with E-state index in [1.54, 1.807) is 32.0 Å². The van der Waals surface area contributed by atoms with E-state index >= 15 is 0 Å². The molecular weight excluding hydrogens is 396 g/mol. The molecule has 1 aliphatic rings. The highest BCUT2D eigenvalue weighted by molar-refractivity contribution is 8.01. The number of nitrogens with one attached hydrogen (secondary N) is 2.